The monoisotopic (exact) mass is 305 g/mol. The topological polar surface area (TPSA) is 30.5 Å². The van der Waals surface area contributed by atoms with Crippen molar-refractivity contribution in [3.8, 4) is 11.5 Å². The smallest absolute Gasteiger partial charge is 0.161 e. The van der Waals surface area contributed by atoms with Gasteiger partial charge in [0.2, 0.25) is 0 Å². The summed E-state index contributed by atoms with van der Waals surface area (Å²) in [6.45, 7) is 0. The van der Waals surface area contributed by atoms with Crippen molar-refractivity contribution in [2.75, 3.05) is 21.3 Å². The molecule has 0 heterocycles. The molecule has 0 aromatic heterocycles. The number of rotatable bonds is 6. The fourth-order valence-electron chi connectivity index (χ4n) is 2.36. The van der Waals surface area contributed by atoms with Gasteiger partial charge in [0, 0.05) is 11.1 Å². The SMILES string of the molecule is CNC(Cc1cccc(Cl)c1)c1ccc(OC)c(OC)c1. The van der Waals surface area contributed by atoms with E-state index in [-0.39, 0.29) is 6.04 Å². The number of hydrogen-bond acceptors (Lipinski definition) is 3. The molecule has 0 aliphatic heterocycles. The lowest BCUT2D eigenvalue weighted by atomic mass is 9.98. The van der Waals surface area contributed by atoms with Crippen molar-refractivity contribution in [1.82, 2.24) is 5.32 Å². The molecule has 0 bridgehead atoms. The van der Waals surface area contributed by atoms with Crippen molar-refractivity contribution in [3.63, 3.8) is 0 Å². The Labute approximate surface area is 130 Å². The maximum Gasteiger partial charge on any atom is 0.161 e. The molecule has 0 radical (unpaired) electrons. The van der Waals surface area contributed by atoms with Crippen molar-refractivity contribution < 1.29 is 9.47 Å². The molecule has 112 valence electrons. The van der Waals surface area contributed by atoms with E-state index in [9.17, 15) is 0 Å². The van der Waals surface area contributed by atoms with Crippen LogP contribution in [0.5, 0.6) is 11.5 Å². The number of ether oxygens (including phenoxy) is 2. The summed E-state index contributed by atoms with van der Waals surface area (Å²) in [5.41, 5.74) is 2.34. The summed E-state index contributed by atoms with van der Waals surface area (Å²) in [6, 6.07) is 14.1. The predicted octanol–water partition coefficient (Wildman–Crippen LogP) is 3.86. The molecule has 21 heavy (non-hydrogen) atoms. The highest BCUT2D eigenvalue weighted by atomic mass is 35.5. The van der Waals surface area contributed by atoms with Crippen LogP contribution in [0.15, 0.2) is 42.5 Å². The van der Waals surface area contributed by atoms with Gasteiger partial charge in [-0.25, -0.2) is 0 Å². The molecule has 2 aromatic rings. The largest absolute Gasteiger partial charge is 0.493 e. The van der Waals surface area contributed by atoms with Gasteiger partial charge >= 0.3 is 0 Å². The minimum absolute atomic E-state index is 0.184. The molecule has 0 spiro atoms. The Morgan fingerprint density at radius 2 is 1.81 bits per heavy atom. The van der Waals surface area contributed by atoms with E-state index in [1.807, 2.05) is 43.4 Å². The first kappa shape index (κ1) is 15.7. The van der Waals surface area contributed by atoms with Crippen LogP contribution in [0.3, 0.4) is 0 Å². The zero-order chi connectivity index (χ0) is 15.2. The third-order valence-corrected chi connectivity index (χ3v) is 3.72. The molecule has 0 aliphatic carbocycles. The number of likely N-dealkylation sites (N-methyl/N-ethyl adjacent to an activating group) is 1. The first-order chi connectivity index (χ1) is 10.2. The summed E-state index contributed by atoms with van der Waals surface area (Å²) in [4.78, 5) is 0. The van der Waals surface area contributed by atoms with Crippen molar-refractivity contribution in [3.05, 3.63) is 58.6 Å². The molecule has 2 aromatic carbocycles. The Morgan fingerprint density at radius 1 is 1.05 bits per heavy atom. The molecule has 1 unspecified atom stereocenters. The van der Waals surface area contributed by atoms with Crippen LogP contribution in [0.2, 0.25) is 5.02 Å². The highest BCUT2D eigenvalue weighted by Gasteiger charge is 2.13. The average Bonchev–Trinajstić information content (AvgIpc) is 2.52. The van der Waals surface area contributed by atoms with E-state index < -0.39 is 0 Å². The Hall–Kier alpha value is -1.71. The third-order valence-electron chi connectivity index (χ3n) is 3.49. The van der Waals surface area contributed by atoms with Crippen LogP contribution in [0, 0.1) is 0 Å². The van der Waals surface area contributed by atoms with Gasteiger partial charge in [-0.15, -0.1) is 0 Å². The summed E-state index contributed by atoms with van der Waals surface area (Å²) in [5, 5.41) is 4.09. The highest BCUT2D eigenvalue weighted by Crippen LogP contribution is 2.31. The van der Waals surface area contributed by atoms with E-state index in [4.69, 9.17) is 21.1 Å². The third kappa shape index (κ3) is 3.90. The Kier molecular flexibility index (Phi) is 5.48. The van der Waals surface area contributed by atoms with Crippen LogP contribution in [0.1, 0.15) is 17.2 Å². The van der Waals surface area contributed by atoms with Gasteiger partial charge < -0.3 is 14.8 Å². The molecule has 2 rings (SSSR count). The predicted molar refractivity (Wildman–Crippen MR) is 86.5 cm³/mol. The maximum atomic E-state index is 6.05. The zero-order valence-corrected chi connectivity index (χ0v) is 13.3. The zero-order valence-electron chi connectivity index (χ0n) is 12.5. The molecular weight excluding hydrogens is 286 g/mol. The van der Waals surface area contributed by atoms with E-state index in [2.05, 4.69) is 11.4 Å². The van der Waals surface area contributed by atoms with Crippen LogP contribution >= 0.6 is 11.6 Å². The Morgan fingerprint density at radius 3 is 2.43 bits per heavy atom. The summed E-state index contributed by atoms with van der Waals surface area (Å²) < 4.78 is 10.6. The number of hydrogen-bond donors (Lipinski definition) is 1. The fourth-order valence-corrected chi connectivity index (χ4v) is 2.57. The van der Waals surface area contributed by atoms with Crippen LogP contribution < -0.4 is 14.8 Å². The lowest BCUT2D eigenvalue weighted by Gasteiger charge is -2.18. The lowest BCUT2D eigenvalue weighted by molar-refractivity contribution is 0.354. The van der Waals surface area contributed by atoms with Gasteiger partial charge in [-0.1, -0.05) is 29.8 Å². The van der Waals surface area contributed by atoms with Gasteiger partial charge in [-0.2, -0.15) is 0 Å². The van der Waals surface area contributed by atoms with Gasteiger partial charge in [0.25, 0.3) is 0 Å². The molecule has 0 saturated heterocycles. The van der Waals surface area contributed by atoms with E-state index in [1.54, 1.807) is 14.2 Å². The second-order valence-electron chi connectivity index (χ2n) is 4.79. The average molecular weight is 306 g/mol. The molecule has 0 saturated carbocycles. The molecule has 1 atom stereocenters. The van der Waals surface area contributed by atoms with Crippen LogP contribution in [0.25, 0.3) is 0 Å². The summed E-state index contributed by atoms with van der Waals surface area (Å²) in [5.74, 6) is 1.47. The molecule has 0 aliphatic rings. The van der Waals surface area contributed by atoms with Gasteiger partial charge in [-0.05, 0) is 48.9 Å². The van der Waals surface area contributed by atoms with E-state index in [0.29, 0.717) is 0 Å². The van der Waals surface area contributed by atoms with Crippen LogP contribution in [0.4, 0.5) is 0 Å². The first-order valence-corrected chi connectivity index (χ1v) is 7.19. The number of methoxy groups -OCH3 is 2. The van der Waals surface area contributed by atoms with Gasteiger partial charge in [-0.3, -0.25) is 0 Å². The number of benzene rings is 2. The minimum Gasteiger partial charge on any atom is -0.493 e. The van der Waals surface area contributed by atoms with E-state index >= 15 is 0 Å². The van der Waals surface area contributed by atoms with Crippen molar-refractivity contribution in [2.24, 2.45) is 0 Å². The molecule has 0 fully saturated rings. The number of halogens is 1. The minimum atomic E-state index is 0.184. The van der Waals surface area contributed by atoms with E-state index in [0.717, 1.165) is 28.5 Å². The second kappa shape index (κ2) is 7.34. The molecule has 3 nitrogen and oxygen atoms in total. The number of nitrogens with one attached hydrogen (secondary N) is 1. The standard InChI is InChI=1S/C17H20ClNO2/c1-19-15(10-12-5-4-6-14(18)9-12)13-7-8-16(20-2)17(11-13)21-3/h4-9,11,15,19H,10H2,1-3H3. The van der Waals surface area contributed by atoms with Gasteiger partial charge in [0.15, 0.2) is 11.5 Å². The second-order valence-corrected chi connectivity index (χ2v) is 5.23. The van der Waals surface area contributed by atoms with Crippen molar-refractivity contribution >= 4 is 11.6 Å². The normalized spacial score (nSPS) is 12.0. The van der Waals surface area contributed by atoms with Crippen LogP contribution in [-0.2, 0) is 6.42 Å². The summed E-state index contributed by atoms with van der Waals surface area (Å²) in [7, 11) is 5.23. The van der Waals surface area contributed by atoms with Crippen molar-refractivity contribution in [2.45, 2.75) is 12.5 Å². The van der Waals surface area contributed by atoms with Gasteiger partial charge in [0.1, 0.15) is 0 Å². The summed E-state index contributed by atoms with van der Waals surface area (Å²) >= 11 is 6.05. The molecule has 1 N–H and O–H groups in total. The van der Waals surface area contributed by atoms with Crippen LogP contribution in [-0.4, -0.2) is 21.3 Å². The first-order valence-electron chi connectivity index (χ1n) is 6.81. The quantitative estimate of drug-likeness (QED) is 0.879. The highest BCUT2D eigenvalue weighted by molar-refractivity contribution is 6.30. The Balaban J connectivity index is 2.25. The van der Waals surface area contributed by atoms with Gasteiger partial charge in [0.05, 0.1) is 14.2 Å². The lowest BCUT2D eigenvalue weighted by Crippen LogP contribution is -2.19. The molecule has 4 heteroatoms. The van der Waals surface area contributed by atoms with E-state index in [1.165, 1.54) is 5.56 Å². The Bertz CT molecular complexity index is 601. The fraction of sp³-hybridized carbons (Fsp3) is 0.294. The van der Waals surface area contributed by atoms with Crippen molar-refractivity contribution in [1.29, 1.82) is 0 Å². The molecule has 0 amide bonds. The molecular formula is C17H20ClNO2. The maximum absolute atomic E-state index is 6.05. The summed E-state index contributed by atoms with van der Waals surface area (Å²) in [6.07, 6.45) is 0.854.